The number of morpholine rings is 1. The molecular formula is C26H26N6O3. The average Bonchev–Trinajstić information content (AvgIpc) is 3.37. The van der Waals surface area contributed by atoms with Gasteiger partial charge in [-0.1, -0.05) is 35.5 Å². The summed E-state index contributed by atoms with van der Waals surface area (Å²) in [6.45, 7) is 5.82. The molecule has 2 fully saturated rings. The first-order valence-electron chi connectivity index (χ1n) is 11.9. The summed E-state index contributed by atoms with van der Waals surface area (Å²) < 4.78 is 11.0. The van der Waals surface area contributed by atoms with Gasteiger partial charge >= 0.3 is 0 Å². The second-order valence-corrected chi connectivity index (χ2v) is 8.76. The van der Waals surface area contributed by atoms with Crippen molar-refractivity contribution in [1.29, 1.82) is 0 Å². The summed E-state index contributed by atoms with van der Waals surface area (Å²) in [4.78, 5) is 19.7. The molecule has 178 valence electrons. The predicted molar refractivity (Wildman–Crippen MR) is 133 cm³/mol. The van der Waals surface area contributed by atoms with Crippen molar-refractivity contribution in [3.05, 3.63) is 66.4 Å². The molecule has 4 aromatic rings. The summed E-state index contributed by atoms with van der Waals surface area (Å²) in [5.74, 6) is 1.58. The van der Waals surface area contributed by atoms with Crippen LogP contribution in [0.1, 0.15) is 10.4 Å². The predicted octanol–water partition coefficient (Wildman–Crippen LogP) is 3.08. The number of piperazine rings is 1. The molecule has 0 unspecified atom stereocenters. The Labute approximate surface area is 202 Å². The van der Waals surface area contributed by atoms with E-state index in [0.29, 0.717) is 37.6 Å². The van der Waals surface area contributed by atoms with Crippen LogP contribution in [-0.2, 0) is 4.74 Å². The SMILES string of the molecule is O=C(c1ccc2noc(-c3ccccc3)c2c1)N1CCN(c2cnnc(N3CCOCC3)c2)CC1. The molecule has 6 rings (SSSR count). The van der Waals surface area contributed by atoms with Crippen molar-refractivity contribution >= 4 is 28.3 Å². The quantitative estimate of drug-likeness (QED) is 0.450. The number of fused-ring (bicyclic) bond motifs is 1. The fraction of sp³-hybridized carbons (Fsp3) is 0.308. The summed E-state index contributed by atoms with van der Waals surface area (Å²) in [7, 11) is 0. The number of benzene rings is 2. The van der Waals surface area contributed by atoms with Crippen molar-refractivity contribution in [1.82, 2.24) is 20.3 Å². The number of carbonyl (C=O) groups excluding carboxylic acids is 1. The van der Waals surface area contributed by atoms with Gasteiger partial charge in [-0.15, -0.1) is 5.10 Å². The highest BCUT2D eigenvalue weighted by atomic mass is 16.5. The third-order valence-electron chi connectivity index (χ3n) is 6.65. The van der Waals surface area contributed by atoms with Crippen LogP contribution < -0.4 is 9.80 Å². The first-order chi connectivity index (χ1) is 17.3. The molecule has 2 aromatic heterocycles. The summed E-state index contributed by atoms with van der Waals surface area (Å²) in [5.41, 5.74) is 3.36. The third-order valence-corrected chi connectivity index (χ3v) is 6.65. The number of rotatable bonds is 4. The summed E-state index contributed by atoms with van der Waals surface area (Å²) in [6, 6.07) is 17.5. The second-order valence-electron chi connectivity index (χ2n) is 8.76. The monoisotopic (exact) mass is 470 g/mol. The molecular weight excluding hydrogens is 444 g/mol. The Morgan fingerprint density at radius 1 is 0.857 bits per heavy atom. The molecule has 0 spiro atoms. The standard InChI is InChI=1S/C26H26N6O3/c33-26(20-6-7-23-22(16-20)25(35-29-23)19-4-2-1-3-5-19)32-10-8-30(9-11-32)21-17-24(28-27-18-21)31-12-14-34-15-13-31/h1-7,16-18H,8-15H2. The Balaban J connectivity index is 1.15. The molecule has 4 heterocycles. The molecule has 0 aliphatic carbocycles. The smallest absolute Gasteiger partial charge is 0.254 e. The number of nitrogens with zero attached hydrogens (tertiary/aromatic N) is 6. The van der Waals surface area contributed by atoms with Crippen molar-refractivity contribution in [2.75, 3.05) is 62.3 Å². The van der Waals surface area contributed by atoms with Crippen LogP contribution in [0.4, 0.5) is 11.5 Å². The molecule has 1 amide bonds. The number of hydrogen-bond donors (Lipinski definition) is 0. The molecule has 9 heteroatoms. The molecule has 2 aliphatic rings. The van der Waals surface area contributed by atoms with Gasteiger partial charge in [-0.25, -0.2) is 0 Å². The van der Waals surface area contributed by atoms with Gasteiger partial charge in [0.2, 0.25) is 0 Å². The zero-order valence-corrected chi connectivity index (χ0v) is 19.3. The van der Waals surface area contributed by atoms with Gasteiger partial charge in [0, 0.05) is 56.5 Å². The second kappa shape index (κ2) is 9.34. The largest absolute Gasteiger partial charge is 0.378 e. The van der Waals surface area contributed by atoms with Crippen LogP contribution in [0, 0.1) is 0 Å². The zero-order chi connectivity index (χ0) is 23.6. The van der Waals surface area contributed by atoms with Gasteiger partial charge < -0.3 is 24.0 Å². The summed E-state index contributed by atoms with van der Waals surface area (Å²) >= 11 is 0. The first kappa shape index (κ1) is 21.5. The van der Waals surface area contributed by atoms with E-state index in [4.69, 9.17) is 9.26 Å². The highest BCUT2D eigenvalue weighted by Crippen LogP contribution is 2.30. The molecule has 0 N–H and O–H groups in total. The Bertz CT molecular complexity index is 1330. The fourth-order valence-corrected chi connectivity index (χ4v) is 4.69. The third kappa shape index (κ3) is 4.30. The minimum absolute atomic E-state index is 0.0219. The Morgan fingerprint density at radius 2 is 1.66 bits per heavy atom. The van der Waals surface area contributed by atoms with Gasteiger partial charge in [0.25, 0.3) is 5.91 Å². The lowest BCUT2D eigenvalue weighted by molar-refractivity contribution is 0.0747. The number of aromatic nitrogens is 3. The minimum Gasteiger partial charge on any atom is -0.378 e. The molecule has 2 saturated heterocycles. The lowest BCUT2D eigenvalue weighted by Crippen LogP contribution is -2.49. The normalized spacial score (nSPS) is 16.6. The molecule has 2 aromatic carbocycles. The number of carbonyl (C=O) groups is 1. The molecule has 2 aliphatic heterocycles. The van der Waals surface area contributed by atoms with Gasteiger partial charge in [0.1, 0.15) is 5.52 Å². The van der Waals surface area contributed by atoms with E-state index in [1.165, 1.54) is 0 Å². The van der Waals surface area contributed by atoms with Crippen LogP contribution in [0.25, 0.3) is 22.2 Å². The van der Waals surface area contributed by atoms with Crippen LogP contribution in [0.2, 0.25) is 0 Å². The maximum Gasteiger partial charge on any atom is 0.254 e. The van der Waals surface area contributed by atoms with Gasteiger partial charge in [-0.05, 0) is 18.2 Å². The van der Waals surface area contributed by atoms with E-state index < -0.39 is 0 Å². The Hall–Kier alpha value is -3.98. The molecule has 0 atom stereocenters. The van der Waals surface area contributed by atoms with Crippen molar-refractivity contribution in [3.8, 4) is 11.3 Å². The highest BCUT2D eigenvalue weighted by molar-refractivity contribution is 6.01. The number of hydrogen-bond acceptors (Lipinski definition) is 8. The zero-order valence-electron chi connectivity index (χ0n) is 19.3. The number of anilines is 2. The van der Waals surface area contributed by atoms with Crippen molar-refractivity contribution in [2.45, 2.75) is 0 Å². The van der Waals surface area contributed by atoms with E-state index in [1.807, 2.05) is 53.4 Å². The number of ether oxygens (including phenoxy) is 1. The van der Waals surface area contributed by atoms with Gasteiger partial charge in [0.15, 0.2) is 11.6 Å². The van der Waals surface area contributed by atoms with Crippen LogP contribution in [0.3, 0.4) is 0 Å². The van der Waals surface area contributed by atoms with Crippen LogP contribution in [0.15, 0.2) is 65.3 Å². The molecule has 0 radical (unpaired) electrons. The van der Waals surface area contributed by atoms with Crippen LogP contribution in [-0.4, -0.2) is 78.6 Å². The Kier molecular flexibility index (Phi) is 5.75. The number of amides is 1. The maximum absolute atomic E-state index is 13.3. The van der Waals surface area contributed by atoms with Crippen LogP contribution >= 0.6 is 0 Å². The van der Waals surface area contributed by atoms with E-state index in [9.17, 15) is 4.79 Å². The fourth-order valence-electron chi connectivity index (χ4n) is 4.69. The van der Waals surface area contributed by atoms with Crippen molar-refractivity contribution in [3.63, 3.8) is 0 Å². The average molecular weight is 471 g/mol. The van der Waals surface area contributed by atoms with E-state index in [0.717, 1.165) is 54.2 Å². The summed E-state index contributed by atoms with van der Waals surface area (Å²) in [5, 5.41) is 13.5. The lowest BCUT2D eigenvalue weighted by Gasteiger charge is -2.36. The first-order valence-corrected chi connectivity index (χ1v) is 11.9. The van der Waals surface area contributed by atoms with Gasteiger partial charge in [-0.3, -0.25) is 4.79 Å². The maximum atomic E-state index is 13.3. The topological polar surface area (TPSA) is 87.8 Å². The van der Waals surface area contributed by atoms with E-state index in [2.05, 4.69) is 31.2 Å². The van der Waals surface area contributed by atoms with Gasteiger partial charge in [-0.2, -0.15) is 5.10 Å². The highest BCUT2D eigenvalue weighted by Gasteiger charge is 2.24. The summed E-state index contributed by atoms with van der Waals surface area (Å²) in [6.07, 6.45) is 1.80. The van der Waals surface area contributed by atoms with E-state index >= 15 is 0 Å². The van der Waals surface area contributed by atoms with Gasteiger partial charge in [0.05, 0.1) is 30.5 Å². The molecule has 9 nitrogen and oxygen atoms in total. The minimum atomic E-state index is 0.0219. The molecule has 0 saturated carbocycles. The van der Waals surface area contributed by atoms with E-state index in [-0.39, 0.29) is 5.91 Å². The lowest BCUT2D eigenvalue weighted by atomic mass is 10.1. The Morgan fingerprint density at radius 3 is 2.46 bits per heavy atom. The van der Waals surface area contributed by atoms with E-state index in [1.54, 1.807) is 6.20 Å². The van der Waals surface area contributed by atoms with Crippen LogP contribution in [0.5, 0.6) is 0 Å². The molecule has 35 heavy (non-hydrogen) atoms. The van der Waals surface area contributed by atoms with Crippen molar-refractivity contribution < 1.29 is 14.1 Å². The molecule has 0 bridgehead atoms. The van der Waals surface area contributed by atoms with Crippen molar-refractivity contribution in [2.24, 2.45) is 0 Å².